The predicted molar refractivity (Wildman–Crippen MR) is 224 cm³/mol. The molecule has 0 N–H and O–H groups in total. The average Bonchev–Trinajstić information content (AvgIpc) is 3.38. The monoisotopic (exact) mass is 680 g/mol. The molecule has 0 bridgehead atoms. The molecular formula is C49H77N. The number of benzene rings is 1. The molecular weight excluding hydrogens is 603 g/mol. The van der Waals surface area contributed by atoms with Gasteiger partial charge in [0.15, 0.2) is 0 Å². The number of hydrogen-bond donors (Lipinski definition) is 0. The van der Waals surface area contributed by atoms with Crippen molar-refractivity contribution in [2.75, 3.05) is 6.54 Å². The predicted octanol–water partition coefficient (Wildman–Crippen LogP) is 15.0. The molecule has 1 nitrogen and oxygen atoms in total. The molecule has 1 aromatic carbocycles. The maximum Gasteiger partial charge on any atom is 0.0452 e. The van der Waals surface area contributed by atoms with Gasteiger partial charge in [0.1, 0.15) is 0 Å². The lowest BCUT2D eigenvalue weighted by molar-refractivity contribution is 0.176. The molecule has 0 saturated carbocycles. The molecule has 1 aromatic rings. The Hall–Kier alpha value is -2.41. The first-order chi connectivity index (χ1) is 24.2. The third-order valence-electron chi connectivity index (χ3n) is 12.9. The van der Waals surface area contributed by atoms with Gasteiger partial charge in [0.2, 0.25) is 0 Å². The maximum atomic E-state index is 4.92. The number of nitrogens with zero attached hydrogens (tertiary/aromatic N) is 1. The molecule has 0 fully saturated rings. The molecule has 2 aliphatic rings. The highest BCUT2D eigenvalue weighted by Gasteiger charge is 2.53. The number of unbranched alkanes of at least 4 members (excludes halogenated alkanes) is 3. The van der Waals surface area contributed by atoms with Crippen LogP contribution in [0.4, 0.5) is 0 Å². The highest BCUT2D eigenvalue weighted by atomic mass is 14.7. The minimum Gasteiger partial charge on any atom is -0.292 e. The van der Waals surface area contributed by atoms with Gasteiger partial charge in [-0.3, -0.25) is 4.99 Å². The molecule has 50 heavy (non-hydrogen) atoms. The smallest absolute Gasteiger partial charge is 0.0452 e. The van der Waals surface area contributed by atoms with Crippen molar-refractivity contribution in [2.45, 2.75) is 164 Å². The number of fused-ring (bicyclic) bond motifs is 1. The van der Waals surface area contributed by atoms with Crippen LogP contribution in [0.25, 0.3) is 0 Å². The van der Waals surface area contributed by atoms with E-state index in [1.165, 1.54) is 76.2 Å². The minimum absolute atomic E-state index is 0.0917. The fraction of sp³-hybridized carbons (Fsp3) is 0.653. The van der Waals surface area contributed by atoms with E-state index in [0.717, 1.165) is 25.8 Å². The highest BCUT2D eigenvalue weighted by molar-refractivity contribution is 5.77. The topological polar surface area (TPSA) is 12.4 Å². The summed E-state index contributed by atoms with van der Waals surface area (Å²) < 4.78 is 0. The number of allylic oxidation sites excluding steroid dienone is 8. The van der Waals surface area contributed by atoms with E-state index in [4.69, 9.17) is 4.99 Å². The second kappa shape index (κ2) is 21.8. The van der Waals surface area contributed by atoms with E-state index in [1.54, 1.807) is 22.3 Å². The summed E-state index contributed by atoms with van der Waals surface area (Å²) in [5.74, 6) is 4.28. The molecule has 0 radical (unpaired) electrons. The molecule has 0 saturated heterocycles. The van der Waals surface area contributed by atoms with Crippen molar-refractivity contribution >= 4 is 6.21 Å². The second-order valence-electron chi connectivity index (χ2n) is 16.4. The van der Waals surface area contributed by atoms with Crippen LogP contribution in [-0.4, -0.2) is 12.8 Å². The first-order valence-corrected chi connectivity index (χ1v) is 21.1. The van der Waals surface area contributed by atoms with Crippen molar-refractivity contribution in [3.8, 4) is 0 Å². The van der Waals surface area contributed by atoms with Crippen LogP contribution >= 0.6 is 0 Å². The van der Waals surface area contributed by atoms with Crippen LogP contribution in [0.3, 0.4) is 0 Å². The van der Waals surface area contributed by atoms with Crippen LogP contribution in [0.15, 0.2) is 89.0 Å². The Kier molecular flexibility index (Phi) is 18.3. The van der Waals surface area contributed by atoms with Crippen LogP contribution in [0.2, 0.25) is 0 Å². The summed E-state index contributed by atoms with van der Waals surface area (Å²) >= 11 is 0. The van der Waals surface area contributed by atoms with Crippen LogP contribution in [-0.2, 0) is 5.41 Å². The SMILES string of the molecule is C=CCCC(C(C)C1=C[C@H](C/N=C/C(C)=C/CCCC)CCC1)[C@@H](C)CCC1[C@@H](C)c2ccccc2C1(/C(C)=C/CCC)C(C)C/C=C\CC. The molecule has 0 aliphatic heterocycles. The normalized spacial score (nSPS) is 25.5. The second-order valence-corrected chi connectivity index (χ2v) is 16.4. The van der Waals surface area contributed by atoms with E-state index >= 15 is 0 Å². The Labute approximate surface area is 311 Å². The largest absolute Gasteiger partial charge is 0.292 e. The van der Waals surface area contributed by atoms with Crippen molar-refractivity contribution in [2.24, 2.45) is 40.5 Å². The lowest BCUT2D eigenvalue weighted by Crippen LogP contribution is -2.41. The zero-order chi connectivity index (χ0) is 36.5. The van der Waals surface area contributed by atoms with E-state index in [2.05, 4.69) is 136 Å². The number of hydrogen-bond acceptors (Lipinski definition) is 1. The standard InChI is InChI=1S/C49H77N/c1-11-15-19-24-37(5)35-50-36-43-27-23-28-44(34-43)41(9)45(29-18-14-4)38(6)32-33-47-42(10)46-30-21-22-31-48(46)49(47,39(7)25-17-13-3)40(8)26-20-16-12-2/h14,16,20-22,24-25,30-31,34-35,38,40-43,45,47H,4,11-13,15,17-19,23,26-29,32-33,36H2,1-3,5-10H3/b20-16-,37-24+,39-25+,50-35+/t38-,40?,41?,42-,43+,45?,47?,49?/m0/s1. The first kappa shape index (κ1) is 42.0. The van der Waals surface area contributed by atoms with Crippen molar-refractivity contribution in [1.29, 1.82) is 0 Å². The quantitative estimate of drug-likeness (QED) is 0.0657. The van der Waals surface area contributed by atoms with Crippen LogP contribution < -0.4 is 0 Å². The Bertz CT molecular complexity index is 1300. The minimum atomic E-state index is 0.0917. The van der Waals surface area contributed by atoms with E-state index < -0.39 is 0 Å². The molecule has 8 atom stereocenters. The van der Waals surface area contributed by atoms with E-state index in [-0.39, 0.29) is 5.41 Å². The average molecular weight is 680 g/mol. The molecule has 278 valence electrons. The summed E-state index contributed by atoms with van der Waals surface area (Å²) in [7, 11) is 0. The summed E-state index contributed by atoms with van der Waals surface area (Å²) in [4.78, 5) is 4.92. The van der Waals surface area contributed by atoms with Crippen LogP contribution in [0.5, 0.6) is 0 Å². The van der Waals surface area contributed by atoms with Crippen molar-refractivity contribution in [1.82, 2.24) is 0 Å². The molecule has 0 spiro atoms. The van der Waals surface area contributed by atoms with Crippen molar-refractivity contribution in [3.63, 3.8) is 0 Å². The molecule has 0 heterocycles. The van der Waals surface area contributed by atoms with E-state index in [1.807, 2.05) is 0 Å². The molecule has 3 rings (SSSR count). The Balaban J connectivity index is 1.87. The highest BCUT2D eigenvalue weighted by Crippen LogP contribution is 2.60. The van der Waals surface area contributed by atoms with Gasteiger partial charge in [0.25, 0.3) is 0 Å². The summed E-state index contributed by atoms with van der Waals surface area (Å²) in [6.07, 6.45) is 33.8. The lowest BCUT2D eigenvalue weighted by Gasteiger charge is -2.45. The molecule has 0 aromatic heterocycles. The number of rotatable bonds is 22. The van der Waals surface area contributed by atoms with Gasteiger partial charge in [-0.1, -0.05) is 146 Å². The zero-order valence-electron chi connectivity index (χ0n) is 34.2. The van der Waals surface area contributed by atoms with Crippen LogP contribution in [0.1, 0.15) is 169 Å². The molecule has 0 amide bonds. The van der Waals surface area contributed by atoms with Crippen LogP contribution in [0, 0.1) is 35.5 Å². The lowest BCUT2D eigenvalue weighted by atomic mass is 9.58. The van der Waals surface area contributed by atoms with Gasteiger partial charge in [0.05, 0.1) is 0 Å². The van der Waals surface area contributed by atoms with Gasteiger partial charge in [-0.25, -0.2) is 0 Å². The van der Waals surface area contributed by atoms with Gasteiger partial charge in [-0.05, 0) is 136 Å². The Morgan fingerprint density at radius 2 is 1.76 bits per heavy atom. The summed E-state index contributed by atoms with van der Waals surface area (Å²) in [5, 5.41) is 0. The van der Waals surface area contributed by atoms with Gasteiger partial charge >= 0.3 is 0 Å². The van der Waals surface area contributed by atoms with Gasteiger partial charge in [-0.2, -0.15) is 0 Å². The molecule has 5 unspecified atom stereocenters. The summed E-state index contributed by atoms with van der Waals surface area (Å²) in [5.41, 5.74) is 7.96. The third-order valence-corrected chi connectivity index (χ3v) is 12.9. The van der Waals surface area contributed by atoms with Crippen molar-refractivity contribution in [3.05, 3.63) is 95.1 Å². The van der Waals surface area contributed by atoms with Gasteiger partial charge < -0.3 is 0 Å². The summed E-state index contributed by atoms with van der Waals surface area (Å²) in [6, 6.07) is 9.54. The number of aliphatic imine (C=N–C) groups is 1. The van der Waals surface area contributed by atoms with E-state index in [9.17, 15) is 0 Å². The Morgan fingerprint density at radius 3 is 2.48 bits per heavy atom. The van der Waals surface area contributed by atoms with Crippen molar-refractivity contribution < 1.29 is 0 Å². The maximum absolute atomic E-state index is 4.92. The molecule has 1 heteroatoms. The fourth-order valence-electron chi connectivity index (χ4n) is 10.0. The molecule has 2 aliphatic carbocycles. The van der Waals surface area contributed by atoms with Gasteiger partial charge in [0, 0.05) is 18.2 Å². The zero-order valence-corrected chi connectivity index (χ0v) is 34.2. The van der Waals surface area contributed by atoms with Gasteiger partial charge in [-0.15, -0.1) is 6.58 Å². The summed E-state index contributed by atoms with van der Waals surface area (Å²) in [6.45, 7) is 26.9. The van der Waals surface area contributed by atoms with E-state index in [0.29, 0.717) is 41.4 Å². The fourth-order valence-corrected chi connectivity index (χ4v) is 10.0. The first-order valence-electron chi connectivity index (χ1n) is 21.1. The Morgan fingerprint density at radius 1 is 0.980 bits per heavy atom. The third kappa shape index (κ3) is 10.8.